The fourth-order valence-corrected chi connectivity index (χ4v) is 5.51. The number of carbonyl (C=O) groups excluding carboxylic acids is 1. The summed E-state index contributed by atoms with van der Waals surface area (Å²) < 4.78 is 5.11. The van der Waals surface area contributed by atoms with Crippen LogP contribution >= 0.6 is 0 Å². The van der Waals surface area contributed by atoms with E-state index >= 15 is 0 Å². The summed E-state index contributed by atoms with van der Waals surface area (Å²) in [6.45, 7) is 0.678. The maximum Gasteiger partial charge on any atom is 0.228 e. The van der Waals surface area contributed by atoms with Gasteiger partial charge in [0.25, 0.3) is 0 Å². The number of rotatable bonds is 3. The van der Waals surface area contributed by atoms with E-state index in [1.807, 2.05) is 18.0 Å². The van der Waals surface area contributed by atoms with Gasteiger partial charge < -0.3 is 9.32 Å². The van der Waals surface area contributed by atoms with Crippen LogP contribution in [0.25, 0.3) is 0 Å². The predicted molar refractivity (Wildman–Crippen MR) is 75.8 cm³/mol. The molecular formula is C17H23NO2. The third kappa shape index (κ3) is 1.90. The number of nitrogens with zero attached hydrogens (tertiary/aromatic N) is 1. The molecule has 0 N–H and O–H groups in total. The Bertz CT molecular complexity index is 470. The van der Waals surface area contributed by atoms with Gasteiger partial charge in [0.15, 0.2) is 0 Å². The molecule has 0 saturated heterocycles. The van der Waals surface area contributed by atoms with E-state index in [1.54, 1.807) is 12.5 Å². The molecule has 0 radical (unpaired) electrons. The zero-order chi connectivity index (χ0) is 13.7. The molecule has 3 heteroatoms. The van der Waals surface area contributed by atoms with Crippen LogP contribution in [0.4, 0.5) is 0 Å². The lowest BCUT2D eigenvalue weighted by molar-refractivity contribution is -0.156. The van der Waals surface area contributed by atoms with Crippen LogP contribution < -0.4 is 0 Å². The van der Waals surface area contributed by atoms with Gasteiger partial charge in [-0.25, -0.2) is 0 Å². The molecule has 1 aromatic heterocycles. The first kappa shape index (κ1) is 12.5. The highest BCUT2D eigenvalue weighted by Gasteiger charge is 2.55. The van der Waals surface area contributed by atoms with Crippen LogP contribution in [0.5, 0.6) is 0 Å². The van der Waals surface area contributed by atoms with Gasteiger partial charge in [0.05, 0.1) is 17.9 Å². The molecule has 20 heavy (non-hydrogen) atoms. The van der Waals surface area contributed by atoms with Gasteiger partial charge in [-0.3, -0.25) is 4.79 Å². The van der Waals surface area contributed by atoms with E-state index in [1.165, 1.54) is 19.3 Å². The highest BCUT2D eigenvalue weighted by Crippen LogP contribution is 2.60. The molecule has 0 atom stereocenters. The molecule has 3 nitrogen and oxygen atoms in total. The van der Waals surface area contributed by atoms with Gasteiger partial charge in [0.2, 0.25) is 5.91 Å². The summed E-state index contributed by atoms with van der Waals surface area (Å²) >= 11 is 0. The molecule has 0 unspecified atom stereocenters. The minimum Gasteiger partial charge on any atom is -0.472 e. The van der Waals surface area contributed by atoms with Crippen LogP contribution in [0.2, 0.25) is 0 Å². The van der Waals surface area contributed by atoms with Gasteiger partial charge in [-0.05, 0) is 62.3 Å². The van der Waals surface area contributed by atoms with Crippen molar-refractivity contribution in [2.75, 3.05) is 7.05 Å². The number of carbonyl (C=O) groups is 1. The van der Waals surface area contributed by atoms with Gasteiger partial charge >= 0.3 is 0 Å². The molecule has 4 fully saturated rings. The summed E-state index contributed by atoms with van der Waals surface area (Å²) in [6.07, 6.45) is 11.0. The van der Waals surface area contributed by atoms with E-state index in [4.69, 9.17) is 4.42 Å². The summed E-state index contributed by atoms with van der Waals surface area (Å²) in [5, 5.41) is 0. The maximum absolute atomic E-state index is 13.0. The quantitative estimate of drug-likeness (QED) is 0.845. The topological polar surface area (TPSA) is 33.5 Å². The van der Waals surface area contributed by atoms with Crippen molar-refractivity contribution in [2.45, 2.75) is 45.1 Å². The van der Waals surface area contributed by atoms with Crippen molar-refractivity contribution in [2.24, 2.45) is 23.2 Å². The average molecular weight is 273 g/mol. The van der Waals surface area contributed by atoms with Crippen molar-refractivity contribution in [1.29, 1.82) is 0 Å². The predicted octanol–water partition coefficient (Wildman–Crippen LogP) is 3.45. The van der Waals surface area contributed by atoms with Crippen molar-refractivity contribution in [3.8, 4) is 0 Å². The van der Waals surface area contributed by atoms with Crippen LogP contribution in [0.3, 0.4) is 0 Å². The standard InChI is InChI=1S/C17H23NO2/c1-18(10-12-2-3-20-11-12)16(19)17-7-13-4-14(8-17)6-15(5-13)9-17/h2-3,11,13-15H,4-10H2,1H3. The Morgan fingerprint density at radius 2 is 1.85 bits per heavy atom. The normalized spacial score (nSPS) is 38.1. The largest absolute Gasteiger partial charge is 0.472 e. The Balaban J connectivity index is 1.53. The van der Waals surface area contributed by atoms with Gasteiger partial charge in [0.1, 0.15) is 0 Å². The maximum atomic E-state index is 13.0. The fraction of sp³-hybridized carbons (Fsp3) is 0.706. The van der Waals surface area contributed by atoms with Crippen LogP contribution in [0.15, 0.2) is 23.0 Å². The number of hydrogen-bond acceptors (Lipinski definition) is 2. The van der Waals surface area contributed by atoms with Gasteiger partial charge in [0, 0.05) is 19.2 Å². The van der Waals surface area contributed by atoms with Crippen molar-refractivity contribution >= 4 is 5.91 Å². The van der Waals surface area contributed by atoms with Crippen molar-refractivity contribution < 1.29 is 9.21 Å². The highest BCUT2D eigenvalue weighted by atomic mass is 16.3. The third-order valence-corrected chi connectivity index (χ3v) is 5.84. The molecular weight excluding hydrogens is 250 g/mol. The molecule has 1 amide bonds. The first-order valence-corrected chi connectivity index (χ1v) is 7.91. The Morgan fingerprint density at radius 3 is 2.35 bits per heavy atom. The summed E-state index contributed by atoms with van der Waals surface area (Å²) in [4.78, 5) is 14.9. The lowest BCUT2D eigenvalue weighted by atomic mass is 9.49. The first-order valence-electron chi connectivity index (χ1n) is 7.91. The van der Waals surface area contributed by atoms with Crippen molar-refractivity contribution in [3.05, 3.63) is 24.2 Å². The molecule has 4 bridgehead atoms. The van der Waals surface area contributed by atoms with E-state index in [0.717, 1.165) is 42.6 Å². The Morgan fingerprint density at radius 1 is 1.25 bits per heavy atom. The van der Waals surface area contributed by atoms with E-state index in [0.29, 0.717) is 12.5 Å². The van der Waals surface area contributed by atoms with Gasteiger partial charge in [-0.15, -0.1) is 0 Å². The molecule has 1 heterocycles. The summed E-state index contributed by atoms with van der Waals surface area (Å²) in [5.74, 6) is 2.87. The third-order valence-electron chi connectivity index (χ3n) is 5.84. The number of amides is 1. The zero-order valence-electron chi connectivity index (χ0n) is 12.2. The van der Waals surface area contributed by atoms with Gasteiger partial charge in [-0.2, -0.15) is 0 Å². The Kier molecular flexibility index (Phi) is 2.73. The number of hydrogen-bond donors (Lipinski definition) is 0. The summed E-state index contributed by atoms with van der Waals surface area (Å²) in [5.41, 5.74) is 1.07. The minimum absolute atomic E-state index is 0.0206. The van der Waals surface area contributed by atoms with E-state index in [2.05, 4.69) is 0 Å². The van der Waals surface area contributed by atoms with Gasteiger partial charge in [-0.1, -0.05) is 0 Å². The fourth-order valence-electron chi connectivity index (χ4n) is 5.51. The van der Waals surface area contributed by atoms with E-state index < -0.39 is 0 Å². The van der Waals surface area contributed by atoms with Crippen LogP contribution in [0, 0.1) is 23.2 Å². The lowest BCUT2D eigenvalue weighted by Crippen LogP contribution is -2.53. The molecule has 4 aliphatic carbocycles. The highest BCUT2D eigenvalue weighted by molar-refractivity contribution is 5.83. The summed E-state index contributed by atoms with van der Waals surface area (Å²) in [6, 6.07) is 1.95. The van der Waals surface area contributed by atoms with E-state index in [9.17, 15) is 4.79 Å². The van der Waals surface area contributed by atoms with Crippen LogP contribution in [0.1, 0.15) is 44.1 Å². The summed E-state index contributed by atoms with van der Waals surface area (Å²) in [7, 11) is 1.95. The SMILES string of the molecule is CN(Cc1ccoc1)C(=O)C12CC3CC(CC(C3)C1)C2. The van der Waals surface area contributed by atoms with Crippen molar-refractivity contribution in [1.82, 2.24) is 4.90 Å². The molecule has 108 valence electrons. The van der Waals surface area contributed by atoms with Crippen LogP contribution in [-0.2, 0) is 11.3 Å². The molecule has 0 spiro atoms. The second kappa shape index (κ2) is 4.37. The molecule has 4 saturated carbocycles. The second-order valence-corrected chi connectivity index (χ2v) is 7.49. The smallest absolute Gasteiger partial charge is 0.228 e. The lowest BCUT2D eigenvalue weighted by Gasteiger charge is -2.56. The molecule has 0 aromatic carbocycles. The average Bonchev–Trinajstić information content (AvgIpc) is 2.89. The molecule has 5 rings (SSSR count). The number of furan rings is 1. The zero-order valence-corrected chi connectivity index (χ0v) is 12.2. The monoisotopic (exact) mass is 273 g/mol. The second-order valence-electron chi connectivity index (χ2n) is 7.49. The minimum atomic E-state index is -0.0206. The van der Waals surface area contributed by atoms with Crippen molar-refractivity contribution in [3.63, 3.8) is 0 Å². The Hall–Kier alpha value is -1.25. The molecule has 0 aliphatic heterocycles. The molecule has 4 aliphatic rings. The van der Waals surface area contributed by atoms with E-state index in [-0.39, 0.29) is 5.41 Å². The molecule has 1 aromatic rings. The Labute approximate surface area is 120 Å². The van der Waals surface area contributed by atoms with Crippen LogP contribution in [-0.4, -0.2) is 17.9 Å². The first-order chi connectivity index (χ1) is 9.64.